The van der Waals surface area contributed by atoms with Crippen LogP contribution in [0, 0.1) is 5.92 Å². The third-order valence-corrected chi connectivity index (χ3v) is 2.78. The molecular weight excluding hydrogens is 194 g/mol. The zero-order chi connectivity index (χ0) is 11.3. The highest BCUT2D eigenvalue weighted by Crippen LogP contribution is 2.14. The van der Waals surface area contributed by atoms with Gasteiger partial charge >= 0.3 is 5.97 Å². The molecule has 2 unspecified atom stereocenters. The molecule has 1 heterocycles. The van der Waals surface area contributed by atoms with Crippen LogP contribution in [0.2, 0.25) is 0 Å². The minimum absolute atomic E-state index is 0.0412. The van der Waals surface area contributed by atoms with E-state index in [0.717, 1.165) is 26.1 Å². The number of methoxy groups -OCH3 is 1. The number of carbonyl (C=O) groups is 1. The van der Waals surface area contributed by atoms with Crippen LogP contribution in [0.5, 0.6) is 0 Å². The molecule has 15 heavy (non-hydrogen) atoms. The van der Waals surface area contributed by atoms with Gasteiger partial charge in [-0.25, -0.2) is 0 Å². The number of nitrogens with zero attached hydrogens (tertiary/aromatic N) is 1. The highest BCUT2D eigenvalue weighted by atomic mass is 16.5. The van der Waals surface area contributed by atoms with E-state index in [4.69, 9.17) is 9.47 Å². The van der Waals surface area contributed by atoms with Crippen LogP contribution in [-0.2, 0) is 14.3 Å². The molecule has 1 rings (SSSR count). The van der Waals surface area contributed by atoms with E-state index in [1.165, 1.54) is 0 Å². The number of likely N-dealkylation sites (tertiary alicyclic amines) is 1. The van der Waals surface area contributed by atoms with E-state index in [0.29, 0.717) is 12.7 Å². The third-order valence-electron chi connectivity index (χ3n) is 2.78. The number of esters is 1. The van der Waals surface area contributed by atoms with Crippen LogP contribution in [-0.4, -0.2) is 50.3 Å². The van der Waals surface area contributed by atoms with Crippen molar-refractivity contribution in [3.63, 3.8) is 0 Å². The van der Waals surface area contributed by atoms with Gasteiger partial charge in [0, 0.05) is 26.7 Å². The number of rotatable bonds is 5. The van der Waals surface area contributed by atoms with Crippen molar-refractivity contribution in [2.75, 3.05) is 33.4 Å². The van der Waals surface area contributed by atoms with Gasteiger partial charge in [-0.3, -0.25) is 9.69 Å². The first kappa shape index (κ1) is 12.5. The van der Waals surface area contributed by atoms with Gasteiger partial charge in [-0.2, -0.15) is 0 Å². The summed E-state index contributed by atoms with van der Waals surface area (Å²) in [4.78, 5) is 13.7. The average molecular weight is 215 g/mol. The molecule has 0 saturated carbocycles. The molecule has 0 spiro atoms. The summed E-state index contributed by atoms with van der Waals surface area (Å²) in [6.45, 7) is 6.94. The molecule has 88 valence electrons. The highest BCUT2D eigenvalue weighted by Gasteiger charge is 2.25. The summed E-state index contributed by atoms with van der Waals surface area (Å²) in [5.41, 5.74) is 0. The Morgan fingerprint density at radius 3 is 2.87 bits per heavy atom. The molecule has 1 fully saturated rings. The SMILES string of the molecule is CCOC(=O)C(C)CN1CCC(OC)C1. The number of carbonyl (C=O) groups excluding carboxylic acids is 1. The van der Waals surface area contributed by atoms with Crippen molar-refractivity contribution in [1.29, 1.82) is 0 Å². The Morgan fingerprint density at radius 2 is 2.33 bits per heavy atom. The van der Waals surface area contributed by atoms with Crippen molar-refractivity contribution in [2.45, 2.75) is 26.4 Å². The first-order valence-corrected chi connectivity index (χ1v) is 5.59. The number of hydrogen-bond acceptors (Lipinski definition) is 4. The molecule has 0 amide bonds. The van der Waals surface area contributed by atoms with E-state index in [9.17, 15) is 4.79 Å². The van der Waals surface area contributed by atoms with E-state index in [1.54, 1.807) is 7.11 Å². The van der Waals surface area contributed by atoms with Gasteiger partial charge in [0.25, 0.3) is 0 Å². The van der Waals surface area contributed by atoms with Crippen molar-refractivity contribution >= 4 is 5.97 Å². The lowest BCUT2D eigenvalue weighted by Crippen LogP contribution is -2.32. The topological polar surface area (TPSA) is 38.8 Å². The lowest BCUT2D eigenvalue weighted by atomic mass is 10.2. The van der Waals surface area contributed by atoms with E-state index < -0.39 is 0 Å². The van der Waals surface area contributed by atoms with Gasteiger partial charge in [0.15, 0.2) is 0 Å². The van der Waals surface area contributed by atoms with Crippen LogP contribution >= 0.6 is 0 Å². The molecule has 1 aliphatic heterocycles. The maximum atomic E-state index is 11.4. The molecular formula is C11H21NO3. The minimum atomic E-state index is -0.0987. The zero-order valence-electron chi connectivity index (χ0n) is 9.86. The Hall–Kier alpha value is -0.610. The summed E-state index contributed by atoms with van der Waals surface area (Å²) in [7, 11) is 1.74. The quantitative estimate of drug-likeness (QED) is 0.639. The molecule has 1 saturated heterocycles. The number of hydrogen-bond donors (Lipinski definition) is 0. The molecule has 4 heteroatoms. The van der Waals surface area contributed by atoms with E-state index in [1.807, 2.05) is 13.8 Å². The Bertz CT molecular complexity index is 208. The largest absolute Gasteiger partial charge is 0.466 e. The van der Waals surface area contributed by atoms with Crippen molar-refractivity contribution in [2.24, 2.45) is 5.92 Å². The van der Waals surface area contributed by atoms with Crippen molar-refractivity contribution in [1.82, 2.24) is 4.90 Å². The predicted octanol–water partition coefficient (Wildman–Crippen LogP) is 0.906. The van der Waals surface area contributed by atoms with E-state index in [2.05, 4.69) is 4.90 Å². The molecule has 0 N–H and O–H groups in total. The summed E-state index contributed by atoms with van der Waals surface area (Å²) in [5, 5.41) is 0. The maximum absolute atomic E-state index is 11.4. The number of ether oxygens (including phenoxy) is 2. The minimum Gasteiger partial charge on any atom is -0.466 e. The summed E-state index contributed by atoms with van der Waals surface area (Å²) in [6, 6.07) is 0. The van der Waals surface area contributed by atoms with Crippen molar-refractivity contribution < 1.29 is 14.3 Å². The van der Waals surface area contributed by atoms with Crippen LogP contribution in [0.3, 0.4) is 0 Å². The standard InChI is InChI=1S/C11H21NO3/c1-4-15-11(13)9(2)7-12-6-5-10(8-12)14-3/h9-10H,4-8H2,1-3H3. The first-order valence-electron chi connectivity index (χ1n) is 5.59. The summed E-state index contributed by atoms with van der Waals surface area (Å²) in [6.07, 6.45) is 1.39. The Balaban J connectivity index is 2.26. The molecule has 0 aromatic carbocycles. The van der Waals surface area contributed by atoms with Gasteiger partial charge in [-0.05, 0) is 13.3 Å². The predicted molar refractivity (Wildman–Crippen MR) is 57.7 cm³/mol. The van der Waals surface area contributed by atoms with Crippen LogP contribution in [0.25, 0.3) is 0 Å². The average Bonchev–Trinajstić information content (AvgIpc) is 2.66. The lowest BCUT2D eigenvalue weighted by molar-refractivity contribution is -0.147. The van der Waals surface area contributed by atoms with Crippen LogP contribution < -0.4 is 0 Å². The van der Waals surface area contributed by atoms with Gasteiger partial charge in [-0.1, -0.05) is 6.92 Å². The molecule has 0 aromatic heterocycles. The zero-order valence-corrected chi connectivity index (χ0v) is 9.86. The van der Waals surface area contributed by atoms with Gasteiger partial charge in [0.2, 0.25) is 0 Å². The summed E-state index contributed by atoms with van der Waals surface area (Å²) in [5.74, 6) is -0.140. The normalized spacial score (nSPS) is 24.1. The second-order valence-corrected chi connectivity index (χ2v) is 4.06. The smallest absolute Gasteiger partial charge is 0.309 e. The summed E-state index contributed by atoms with van der Waals surface area (Å²) < 4.78 is 10.2. The fraction of sp³-hybridized carbons (Fsp3) is 0.909. The lowest BCUT2D eigenvalue weighted by Gasteiger charge is -2.19. The molecule has 1 aliphatic rings. The molecule has 0 bridgehead atoms. The Labute approximate surface area is 91.5 Å². The van der Waals surface area contributed by atoms with Crippen LogP contribution in [0.1, 0.15) is 20.3 Å². The van der Waals surface area contributed by atoms with Crippen molar-refractivity contribution in [3.05, 3.63) is 0 Å². The molecule has 0 aliphatic carbocycles. The molecule has 0 aromatic rings. The van der Waals surface area contributed by atoms with Gasteiger partial charge in [-0.15, -0.1) is 0 Å². The van der Waals surface area contributed by atoms with E-state index in [-0.39, 0.29) is 11.9 Å². The van der Waals surface area contributed by atoms with Crippen molar-refractivity contribution in [3.8, 4) is 0 Å². The first-order chi connectivity index (χ1) is 7.17. The Kier molecular flexibility index (Phi) is 5.05. The Morgan fingerprint density at radius 1 is 1.60 bits per heavy atom. The van der Waals surface area contributed by atoms with E-state index >= 15 is 0 Å². The third kappa shape index (κ3) is 3.80. The molecule has 2 atom stereocenters. The highest BCUT2D eigenvalue weighted by molar-refractivity contribution is 5.72. The maximum Gasteiger partial charge on any atom is 0.309 e. The second-order valence-electron chi connectivity index (χ2n) is 4.06. The molecule has 0 radical (unpaired) electrons. The summed E-state index contributed by atoms with van der Waals surface area (Å²) >= 11 is 0. The van der Waals surface area contributed by atoms with Gasteiger partial charge < -0.3 is 9.47 Å². The van der Waals surface area contributed by atoms with Gasteiger partial charge in [0.1, 0.15) is 0 Å². The molecule has 4 nitrogen and oxygen atoms in total. The fourth-order valence-corrected chi connectivity index (χ4v) is 1.90. The van der Waals surface area contributed by atoms with Crippen LogP contribution in [0.15, 0.2) is 0 Å². The fourth-order valence-electron chi connectivity index (χ4n) is 1.90. The van der Waals surface area contributed by atoms with Gasteiger partial charge in [0.05, 0.1) is 18.6 Å². The second kappa shape index (κ2) is 6.08. The monoisotopic (exact) mass is 215 g/mol. The van der Waals surface area contributed by atoms with Crippen LogP contribution in [0.4, 0.5) is 0 Å².